The van der Waals surface area contributed by atoms with Crippen molar-refractivity contribution in [1.82, 2.24) is 4.90 Å². The van der Waals surface area contributed by atoms with E-state index in [1.54, 1.807) is 0 Å². The Bertz CT molecular complexity index is 154. The fourth-order valence-corrected chi connectivity index (χ4v) is 0.413. The molecule has 0 fully saturated rings. The topological polar surface area (TPSA) is 49.8 Å². The number of rotatable bonds is 5. The molecule has 0 saturated heterocycles. The van der Waals surface area contributed by atoms with Crippen molar-refractivity contribution in [3.63, 3.8) is 0 Å². The highest BCUT2D eigenvalue weighted by atomic mass is 16.5. The molecule has 0 spiro atoms. The molecule has 0 radical (unpaired) electrons. The number of likely N-dealkylation sites (N-methyl/N-ethyl adjacent to an activating group) is 1. The lowest BCUT2D eigenvalue weighted by Crippen LogP contribution is -2.19. The van der Waals surface area contributed by atoms with Crippen LogP contribution < -0.4 is 0 Å². The quantitative estimate of drug-likeness (QED) is 0.458. The molecule has 0 aromatic carbocycles. The summed E-state index contributed by atoms with van der Waals surface area (Å²) in [5.74, 6) is -1.31. The largest absolute Gasteiger partial charge is 0.486 e. The van der Waals surface area contributed by atoms with Crippen LogP contribution in [0, 0.1) is 0 Å². The van der Waals surface area contributed by atoms with E-state index in [1.165, 1.54) is 0 Å². The molecule has 4 heteroatoms. The second kappa shape index (κ2) is 4.73. The van der Waals surface area contributed by atoms with Crippen LogP contribution in [0.25, 0.3) is 0 Å². The summed E-state index contributed by atoms with van der Waals surface area (Å²) in [5.41, 5.74) is 0. The summed E-state index contributed by atoms with van der Waals surface area (Å²) in [6.45, 7) is 4.26. The first-order valence-electron chi connectivity index (χ1n) is 3.23. The summed E-state index contributed by atoms with van der Waals surface area (Å²) in [4.78, 5) is 12.0. The van der Waals surface area contributed by atoms with Gasteiger partial charge in [0.25, 0.3) is 0 Å². The maximum Gasteiger partial charge on any atom is 0.370 e. The van der Waals surface area contributed by atoms with E-state index in [2.05, 4.69) is 6.58 Å². The van der Waals surface area contributed by atoms with Gasteiger partial charge in [-0.1, -0.05) is 0 Å². The molecule has 0 aromatic rings. The molecule has 0 rings (SSSR count). The van der Waals surface area contributed by atoms with Crippen molar-refractivity contribution in [2.75, 3.05) is 27.2 Å². The highest BCUT2D eigenvalue weighted by Crippen LogP contribution is 1.92. The number of hydrogen-bond donors (Lipinski definition) is 1. The van der Waals surface area contributed by atoms with Gasteiger partial charge in [0.1, 0.15) is 6.61 Å². The molecule has 1 N–H and O–H groups in total. The van der Waals surface area contributed by atoms with Crippen molar-refractivity contribution in [1.29, 1.82) is 0 Å². The number of hydrogen-bond acceptors (Lipinski definition) is 3. The third kappa shape index (κ3) is 5.42. The molecule has 11 heavy (non-hydrogen) atoms. The second-order valence-corrected chi connectivity index (χ2v) is 2.38. The van der Waals surface area contributed by atoms with Gasteiger partial charge in [0.15, 0.2) is 5.76 Å². The highest BCUT2D eigenvalue weighted by molar-refractivity contribution is 5.83. The molecule has 4 nitrogen and oxygen atoms in total. The van der Waals surface area contributed by atoms with Crippen molar-refractivity contribution in [2.24, 2.45) is 0 Å². The molecule has 0 unspecified atom stereocenters. The molecule has 0 heterocycles. The van der Waals surface area contributed by atoms with Crippen molar-refractivity contribution in [3.05, 3.63) is 12.3 Å². The molecule has 0 bridgehead atoms. The van der Waals surface area contributed by atoms with E-state index in [0.29, 0.717) is 13.2 Å². The second-order valence-electron chi connectivity index (χ2n) is 2.38. The van der Waals surface area contributed by atoms with Crippen LogP contribution in [0.5, 0.6) is 0 Å². The first-order chi connectivity index (χ1) is 5.04. The van der Waals surface area contributed by atoms with Crippen LogP contribution in [0.15, 0.2) is 12.3 Å². The zero-order valence-corrected chi connectivity index (χ0v) is 6.83. The van der Waals surface area contributed by atoms with Gasteiger partial charge in [-0.2, -0.15) is 0 Å². The van der Waals surface area contributed by atoms with Crippen molar-refractivity contribution >= 4 is 5.97 Å². The van der Waals surface area contributed by atoms with Crippen LogP contribution in [0.4, 0.5) is 0 Å². The maximum atomic E-state index is 10.1. The standard InChI is InChI=1S/C7H13NO3/c1-6(7(9)10)11-5-4-8(2)3/h1,4-5H2,2-3H3,(H,9,10). The van der Waals surface area contributed by atoms with Gasteiger partial charge in [0, 0.05) is 6.54 Å². The molecule has 0 aromatic heterocycles. The molecule has 0 saturated carbocycles. The number of ether oxygens (including phenoxy) is 1. The first kappa shape index (κ1) is 9.97. The molecular weight excluding hydrogens is 146 g/mol. The molecule has 0 atom stereocenters. The fourth-order valence-electron chi connectivity index (χ4n) is 0.413. The number of aliphatic carboxylic acids is 1. The predicted molar refractivity (Wildman–Crippen MR) is 41.3 cm³/mol. The monoisotopic (exact) mass is 159 g/mol. The van der Waals surface area contributed by atoms with Gasteiger partial charge in [-0.3, -0.25) is 0 Å². The smallest absolute Gasteiger partial charge is 0.370 e. The minimum Gasteiger partial charge on any atom is -0.486 e. The minimum absolute atomic E-state index is 0.202. The van der Waals surface area contributed by atoms with Crippen LogP contribution in [-0.2, 0) is 9.53 Å². The van der Waals surface area contributed by atoms with E-state index in [0.717, 1.165) is 0 Å². The van der Waals surface area contributed by atoms with Crippen LogP contribution in [0.3, 0.4) is 0 Å². The van der Waals surface area contributed by atoms with Gasteiger partial charge in [0.2, 0.25) is 0 Å². The average molecular weight is 159 g/mol. The lowest BCUT2D eigenvalue weighted by Gasteiger charge is -2.09. The van der Waals surface area contributed by atoms with Gasteiger partial charge in [0.05, 0.1) is 0 Å². The Morgan fingerprint density at radius 2 is 2.18 bits per heavy atom. The molecule has 0 aliphatic heterocycles. The van der Waals surface area contributed by atoms with Gasteiger partial charge < -0.3 is 14.7 Å². The zero-order valence-electron chi connectivity index (χ0n) is 6.83. The number of carboxylic acids is 1. The number of carboxylic acid groups (broad SMARTS) is 1. The first-order valence-corrected chi connectivity index (χ1v) is 3.23. The molecular formula is C7H13NO3. The van der Waals surface area contributed by atoms with Crippen LogP contribution in [0.1, 0.15) is 0 Å². The summed E-state index contributed by atoms with van der Waals surface area (Å²) in [5, 5.41) is 8.31. The maximum absolute atomic E-state index is 10.1. The summed E-state index contributed by atoms with van der Waals surface area (Å²) >= 11 is 0. The van der Waals surface area contributed by atoms with E-state index in [9.17, 15) is 4.79 Å². The summed E-state index contributed by atoms with van der Waals surface area (Å²) in [6.07, 6.45) is 0. The van der Waals surface area contributed by atoms with E-state index >= 15 is 0 Å². The van der Waals surface area contributed by atoms with Crippen LogP contribution in [-0.4, -0.2) is 43.2 Å². The Hall–Kier alpha value is -1.03. The Kier molecular flexibility index (Phi) is 4.29. The van der Waals surface area contributed by atoms with Gasteiger partial charge in [-0.15, -0.1) is 0 Å². The van der Waals surface area contributed by atoms with Gasteiger partial charge in [-0.25, -0.2) is 4.79 Å². The van der Waals surface area contributed by atoms with Crippen LogP contribution in [0.2, 0.25) is 0 Å². The van der Waals surface area contributed by atoms with Gasteiger partial charge in [-0.05, 0) is 20.7 Å². The summed E-state index contributed by atoms with van der Waals surface area (Å²) in [6, 6.07) is 0. The lowest BCUT2D eigenvalue weighted by molar-refractivity contribution is -0.136. The lowest BCUT2D eigenvalue weighted by atomic mass is 10.5. The van der Waals surface area contributed by atoms with E-state index in [1.807, 2.05) is 19.0 Å². The Balaban J connectivity index is 3.40. The molecule has 64 valence electrons. The summed E-state index contributed by atoms with van der Waals surface area (Å²) < 4.78 is 4.78. The molecule has 0 amide bonds. The normalized spacial score (nSPS) is 9.73. The third-order valence-corrected chi connectivity index (χ3v) is 1.05. The molecule has 0 aliphatic rings. The third-order valence-electron chi connectivity index (χ3n) is 1.05. The van der Waals surface area contributed by atoms with E-state index < -0.39 is 5.97 Å². The molecule has 0 aliphatic carbocycles. The van der Waals surface area contributed by atoms with E-state index in [-0.39, 0.29) is 5.76 Å². The number of nitrogens with zero attached hydrogens (tertiary/aromatic N) is 1. The number of carbonyl (C=O) groups is 1. The van der Waals surface area contributed by atoms with Crippen molar-refractivity contribution in [3.8, 4) is 0 Å². The minimum atomic E-state index is -1.11. The zero-order chi connectivity index (χ0) is 8.85. The highest BCUT2D eigenvalue weighted by Gasteiger charge is 2.03. The van der Waals surface area contributed by atoms with Gasteiger partial charge >= 0.3 is 5.97 Å². The van der Waals surface area contributed by atoms with Crippen molar-refractivity contribution in [2.45, 2.75) is 0 Å². The Morgan fingerprint density at radius 1 is 1.64 bits per heavy atom. The Labute approximate surface area is 66.1 Å². The van der Waals surface area contributed by atoms with E-state index in [4.69, 9.17) is 9.84 Å². The van der Waals surface area contributed by atoms with Crippen molar-refractivity contribution < 1.29 is 14.6 Å². The Morgan fingerprint density at radius 3 is 2.55 bits per heavy atom. The van der Waals surface area contributed by atoms with Crippen LogP contribution >= 0.6 is 0 Å². The summed E-state index contributed by atoms with van der Waals surface area (Å²) in [7, 11) is 3.76. The SMILES string of the molecule is C=C(OCCN(C)C)C(=O)O. The fraction of sp³-hybridized carbons (Fsp3) is 0.571. The predicted octanol–water partition coefficient (Wildman–Crippen LogP) is 0.163. The average Bonchev–Trinajstić information content (AvgIpc) is 1.86.